The predicted octanol–water partition coefficient (Wildman–Crippen LogP) is -8.34. The van der Waals surface area contributed by atoms with Crippen LogP contribution in [0.15, 0.2) is 0 Å². The van der Waals surface area contributed by atoms with E-state index in [9.17, 15) is 40.9 Å². The smallest absolute Gasteiger partial charge is 0.176 e. The molecule has 3 aliphatic heterocycles. The van der Waals surface area contributed by atoms with Gasteiger partial charge in [-0.25, -0.2) is 0 Å². The Morgan fingerprint density at radius 1 is 0.430 bits per heavy atom. The standard InChI is InChI=1S/C19H49N9.C18H35N3O13.C15H36N4.C4H11N/c1-2-7-24-9-14-27(13-6-23)17-19-28(15-10-25-8-3-20)18-16-26(11-4-21)12-5-22;19-7-12(27)14(5(2-23)30-16(7)29)33-18-9(21)13(28)15(6(3-24)32-18)34-17-8(20)11(26)10(25)4(1-22)31-17;1-3-12(8-16)5-14(10-18)7-15(11-19)6-13(4-2)9-17;1-3-4(2)5/h24-25H,2-23H2,1H3;4-18,22-29H,1-3,19-21H2;12-15H,3-11,16-19H2,1-2H3;4H,3,5H2,1-2H3/t;4?,5?,6?,7?,8?,9?,10-,11-,12-,13-,14-,15-,16-,17+,18+;;/m.1../s1. The van der Waals surface area contributed by atoms with E-state index in [0.717, 1.165) is 150 Å². The molecule has 3 rings (SSSR count). The van der Waals surface area contributed by atoms with E-state index >= 15 is 0 Å². The molecule has 86 heavy (non-hydrogen) atoms. The van der Waals surface area contributed by atoms with Crippen LogP contribution in [0.2, 0.25) is 0 Å². The second-order valence-electron chi connectivity index (χ2n) is 23.1. The number of nitrogens with two attached hydrogens (primary N) is 12. The van der Waals surface area contributed by atoms with Crippen molar-refractivity contribution in [1.29, 1.82) is 0 Å². The number of nitrogens with zero attached hydrogens (tertiary/aromatic N) is 3. The number of aliphatic hydroxyl groups excluding tert-OH is 8. The molecule has 0 bridgehead atoms. The molecule has 0 aromatic heterocycles. The first kappa shape index (κ1) is 84.8. The molecule has 20 atom stereocenters. The van der Waals surface area contributed by atoms with E-state index in [2.05, 4.69) is 53.0 Å². The normalized spacial score (nSPS) is 29.5. The fourth-order valence-electron chi connectivity index (χ4n) is 10.2. The molecule has 0 aromatic carbocycles. The molecule has 3 fully saturated rings. The highest BCUT2D eigenvalue weighted by Gasteiger charge is 2.52. The Balaban J connectivity index is 0.00000125. The number of ether oxygens (including phenoxy) is 5. The summed E-state index contributed by atoms with van der Waals surface area (Å²) >= 11 is 0. The fourth-order valence-corrected chi connectivity index (χ4v) is 10.2. The summed E-state index contributed by atoms with van der Waals surface area (Å²) in [6, 6.07) is -3.49. The van der Waals surface area contributed by atoms with Gasteiger partial charge in [-0.1, -0.05) is 40.5 Å². The highest BCUT2D eigenvalue weighted by Crippen LogP contribution is 2.31. The van der Waals surface area contributed by atoms with Gasteiger partial charge in [-0.3, -0.25) is 14.7 Å². The molecule has 3 heterocycles. The van der Waals surface area contributed by atoms with Crippen LogP contribution in [0.5, 0.6) is 0 Å². The summed E-state index contributed by atoms with van der Waals surface area (Å²) in [7, 11) is 0. The number of nitrogens with one attached hydrogen (secondary N) is 2. The maximum atomic E-state index is 10.8. The molecule has 0 radical (unpaired) electrons. The van der Waals surface area contributed by atoms with Crippen LogP contribution < -0.4 is 79.4 Å². The molecule has 34 N–H and O–H groups in total. The minimum absolute atomic E-state index is 0.384. The Labute approximate surface area is 515 Å². The highest BCUT2D eigenvalue weighted by atomic mass is 16.7. The second kappa shape index (κ2) is 51.3. The van der Waals surface area contributed by atoms with Crippen LogP contribution in [0.3, 0.4) is 0 Å². The predicted molar refractivity (Wildman–Crippen MR) is 337 cm³/mol. The largest absolute Gasteiger partial charge is 0.394 e. The molecule has 0 aliphatic carbocycles. The summed E-state index contributed by atoms with van der Waals surface area (Å²) in [5.41, 5.74) is 69.2. The van der Waals surface area contributed by atoms with Gasteiger partial charge in [0.15, 0.2) is 18.9 Å². The van der Waals surface area contributed by atoms with E-state index in [1.165, 1.54) is 6.42 Å². The van der Waals surface area contributed by atoms with E-state index < -0.39 is 112 Å². The number of hydrogen-bond acceptors (Lipinski definition) is 30. The molecular formula is C56H131N17O13. The van der Waals surface area contributed by atoms with Crippen molar-refractivity contribution in [3.05, 3.63) is 0 Å². The molecule has 0 saturated carbocycles. The van der Waals surface area contributed by atoms with Gasteiger partial charge in [-0.2, -0.15) is 0 Å². The van der Waals surface area contributed by atoms with E-state index in [-0.39, 0.29) is 0 Å². The maximum Gasteiger partial charge on any atom is 0.176 e. The van der Waals surface area contributed by atoms with Crippen molar-refractivity contribution in [3.8, 4) is 0 Å². The molecule has 0 amide bonds. The summed E-state index contributed by atoms with van der Waals surface area (Å²) in [6.07, 6.45) is -8.85. The molecule has 3 saturated heterocycles. The number of hydrogen-bond donors (Lipinski definition) is 22. The molecule has 0 spiro atoms. The first-order valence-corrected chi connectivity index (χ1v) is 31.9. The topological polar surface area (TPSA) is 554 Å². The Kier molecular flexibility index (Phi) is 50.6. The molecule has 0 aromatic rings. The summed E-state index contributed by atoms with van der Waals surface area (Å²) in [6.45, 7) is 27.2. The fraction of sp³-hybridized carbons (Fsp3) is 1.00. The average Bonchev–Trinajstić information content (AvgIpc) is 3.59. The summed E-state index contributed by atoms with van der Waals surface area (Å²) in [5, 5.41) is 86.5. The van der Waals surface area contributed by atoms with Crippen molar-refractivity contribution < 1.29 is 64.5 Å². The molecular weight excluding hydrogens is 1120 g/mol. The van der Waals surface area contributed by atoms with Crippen molar-refractivity contribution in [3.63, 3.8) is 0 Å². The first-order valence-electron chi connectivity index (χ1n) is 31.9. The Morgan fingerprint density at radius 3 is 1.16 bits per heavy atom. The molecule has 30 heteroatoms. The molecule has 11 unspecified atom stereocenters. The van der Waals surface area contributed by atoms with Gasteiger partial charge in [0.25, 0.3) is 0 Å². The van der Waals surface area contributed by atoms with Gasteiger partial charge in [-0.15, -0.1) is 0 Å². The molecule has 30 nitrogen and oxygen atoms in total. The highest BCUT2D eigenvalue weighted by molar-refractivity contribution is 4.98. The first-order chi connectivity index (χ1) is 41.2. The quantitative estimate of drug-likeness (QED) is 0.0252. The summed E-state index contributed by atoms with van der Waals surface area (Å²) in [4.78, 5) is 7.33. The SMILES string of the molecule is CCC(C)N.CCC(CN)CC(CN)CC(CN)CC(CC)CN.CCCNCCN(CCN)CCN(CCNCCN)CCN(CCN)CCN.NC1[C@H](O[C@@H]2C(CO)O[C@@H](O[C@@H]3C(CO)O[C@@H](O)C(N)[C@H]3O)C(N)[C@H]2O)OC(CO)[C@@H](O)[C@@H]1O. The summed E-state index contributed by atoms with van der Waals surface area (Å²) in [5.74, 6) is 2.31. The van der Waals surface area contributed by atoms with Crippen LogP contribution >= 0.6 is 0 Å². The number of aliphatic hydroxyl groups is 8. The van der Waals surface area contributed by atoms with Gasteiger partial charge in [-0.05, 0) is 95.4 Å². The Morgan fingerprint density at radius 2 is 0.791 bits per heavy atom. The third-order valence-corrected chi connectivity index (χ3v) is 16.2. The van der Waals surface area contributed by atoms with Crippen LogP contribution in [0.25, 0.3) is 0 Å². The van der Waals surface area contributed by atoms with Crippen molar-refractivity contribution in [1.82, 2.24) is 25.3 Å². The van der Waals surface area contributed by atoms with Crippen molar-refractivity contribution >= 4 is 0 Å². The van der Waals surface area contributed by atoms with Crippen molar-refractivity contribution in [2.24, 2.45) is 92.5 Å². The van der Waals surface area contributed by atoms with E-state index in [1.807, 2.05) is 6.92 Å². The Hall–Kier alpha value is -1.20. The van der Waals surface area contributed by atoms with Gasteiger partial charge in [0.1, 0.15) is 54.9 Å². The van der Waals surface area contributed by atoms with E-state index in [4.69, 9.17) is 92.5 Å². The minimum Gasteiger partial charge on any atom is -0.394 e. The van der Waals surface area contributed by atoms with Crippen LogP contribution in [-0.4, -0.2) is 311 Å². The van der Waals surface area contributed by atoms with Crippen LogP contribution in [-0.2, 0) is 23.7 Å². The van der Waals surface area contributed by atoms with Gasteiger partial charge in [0.2, 0.25) is 0 Å². The van der Waals surface area contributed by atoms with Crippen LogP contribution in [0.1, 0.15) is 79.6 Å². The Bertz CT molecular complexity index is 1510. The third-order valence-electron chi connectivity index (χ3n) is 16.2. The van der Waals surface area contributed by atoms with Crippen molar-refractivity contribution in [2.75, 3.05) is 157 Å². The van der Waals surface area contributed by atoms with Crippen LogP contribution in [0.4, 0.5) is 0 Å². The lowest BCUT2D eigenvalue weighted by Gasteiger charge is -2.48. The summed E-state index contributed by atoms with van der Waals surface area (Å²) < 4.78 is 27.4. The van der Waals surface area contributed by atoms with E-state index in [0.29, 0.717) is 55.9 Å². The zero-order chi connectivity index (χ0) is 65.1. The maximum absolute atomic E-state index is 10.8. The van der Waals surface area contributed by atoms with Gasteiger partial charge in [0.05, 0.1) is 37.9 Å². The molecule has 3 aliphatic rings. The average molecular weight is 1250 g/mol. The zero-order valence-electron chi connectivity index (χ0n) is 53.4. The van der Waals surface area contributed by atoms with E-state index in [1.54, 1.807) is 0 Å². The zero-order valence-corrected chi connectivity index (χ0v) is 53.4. The van der Waals surface area contributed by atoms with Gasteiger partial charge >= 0.3 is 0 Å². The van der Waals surface area contributed by atoms with Crippen LogP contribution in [0, 0.1) is 23.7 Å². The van der Waals surface area contributed by atoms with Gasteiger partial charge < -0.3 is 144 Å². The number of rotatable bonds is 42. The monoisotopic (exact) mass is 1250 g/mol. The lowest BCUT2D eigenvalue weighted by molar-refractivity contribution is -0.348. The van der Waals surface area contributed by atoms with Crippen molar-refractivity contribution in [2.45, 2.75) is 178 Å². The minimum atomic E-state index is -1.56. The lowest BCUT2D eigenvalue weighted by atomic mass is 9.82. The molecule has 518 valence electrons. The lowest BCUT2D eigenvalue weighted by Crippen LogP contribution is -2.69. The second-order valence-corrected chi connectivity index (χ2v) is 23.1. The van der Waals surface area contributed by atoms with Gasteiger partial charge in [0, 0.05) is 111 Å². The third kappa shape index (κ3) is 32.9.